The lowest BCUT2D eigenvalue weighted by atomic mass is 9.88. The summed E-state index contributed by atoms with van der Waals surface area (Å²) in [5.74, 6) is 0. The van der Waals surface area contributed by atoms with Gasteiger partial charge in [-0.3, -0.25) is 0 Å². The minimum atomic E-state index is 0.958. The molecule has 1 heterocycles. The van der Waals surface area contributed by atoms with Crippen LogP contribution in [0.1, 0.15) is 0 Å². The number of pyridine rings is 1. The van der Waals surface area contributed by atoms with Crippen molar-refractivity contribution in [1.82, 2.24) is 4.98 Å². The molecule has 12 rings (SSSR count). The van der Waals surface area contributed by atoms with E-state index in [0.717, 1.165) is 33.6 Å². The van der Waals surface area contributed by atoms with Gasteiger partial charge in [0.1, 0.15) is 0 Å². The molecule has 56 heavy (non-hydrogen) atoms. The summed E-state index contributed by atoms with van der Waals surface area (Å²) < 4.78 is 0. The molecule has 0 fully saturated rings. The molecule has 258 valence electrons. The summed E-state index contributed by atoms with van der Waals surface area (Å²) in [5.41, 5.74) is 21.8. The van der Waals surface area contributed by atoms with Crippen molar-refractivity contribution in [2.45, 2.75) is 0 Å². The smallest absolute Gasteiger partial charge is 0.0715 e. The van der Waals surface area contributed by atoms with Crippen LogP contribution in [0.3, 0.4) is 0 Å². The van der Waals surface area contributed by atoms with Gasteiger partial charge in [0.15, 0.2) is 0 Å². The molecule has 0 atom stereocenters. The minimum absolute atomic E-state index is 0.958. The second kappa shape index (κ2) is 12.1. The van der Waals surface area contributed by atoms with E-state index in [1.807, 2.05) is 0 Å². The van der Waals surface area contributed by atoms with E-state index in [1.54, 1.807) is 0 Å². The van der Waals surface area contributed by atoms with E-state index in [4.69, 9.17) is 4.98 Å². The molecule has 0 unspecified atom stereocenters. The van der Waals surface area contributed by atoms with Gasteiger partial charge in [-0.25, -0.2) is 4.98 Å². The summed E-state index contributed by atoms with van der Waals surface area (Å²) in [6.07, 6.45) is 0. The third-order valence-corrected chi connectivity index (χ3v) is 11.9. The van der Waals surface area contributed by atoms with Crippen LogP contribution in [0.25, 0.3) is 122 Å². The molecule has 0 spiro atoms. The Bertz CT molecular complexity index is 2960. The van der Waals surface area contributed by atoms with E-state index in [-0.39, 0.29) is 0 Å². The zero-order valence-electron chi connectivity index (χ0n) is 30.5. The molecule has 9 aromatic carbocycles. The van der Waals surface area contributed by atoms with Crippen LogP contribution >= 0.6 is 0 Å². The quantitative estimate of drug-likeness (QED) is 0.174. The SMILES string of the molecule is c1ccc(-c2cc(-c3cc(-c4ccc5c6c(cccc46)-c4ccccc4-5)cc(-c4ccc5c6c(cccc46)-c4ccccc4-5)c3)cc(-c3ccccc3)n2)cc1. The van der Waals surface area contributed by atoms with E-state index in [2.05, 4.69) is 200 Å². The first-order valence-corrected chi connectivity index (χ1v) is 19.4. The van der Waals surface area contributed by atoms with E-state index in [1.165, 1.54) is 88.3 Å². The predicted molar refractivity (Wildman–Crippen MR) is 235 cm³/mol. The number of fused-ring (bicyclic) bond motifs is 6. The predicted octanol–water partition coefficient (Wildman–Crippen LogP) is 15.0. The monoisotopic (exact) mass is 707 g/mol. The lowest BCUT2D eigenvalue weighted by Crippen LogP contribution is -1.93. The number of nitrogens with zero attached hydrogens (tertiary/aromatic N) is 1. The molecular formula is C55H33N. The summed E-state index contributed by atoms with van der Waals surface area (Å²) in [4.78, 5) is 5.23. The second-order valence-corrected chi connectivity index (χ2v) is 15.0. The molecule has 0 amide bonds. The molecule has 1 nitrogen and oxygen atoms in total. The van der Waals surface area contributed by atoms with Gasteiger partial charge in [-0.2, -0.15) is 0 Å². The highest BCUT2D eigenvalue weighted by Crippen LogP contribution is 2.52. The van der Waals surface area contributed by atoms with E-state index in [0.29, 0.717) is 0 Å². The van der Waals surface area contributed by atoms with E-state index in [9.17, 15) is 0 Å². The average Bonchev–Trinajstić information content (AvgIpc) is 3.78. The maximum atomic E-state index is 5.23. The maximum Gasteiger partial charge on any atom is 0.0715 e. The third-order valence-electron chi connectivity index (χ3n) is 11.9. The van der Waals surface area contributed by atoms with Crippen LogP contribution in [0.2, 0.25) is 0 Å². The Morgan fingerprint density at radius 1 is 0.214 bits per heavy atom. The van der Waals surface area contributed by atoms with Crippen LogP contribution in [0, 0.1) is 0 Å². The molecule has 0 aliphatic heterocycles. The van der Waals surface area contributed by atoms with Crippen molar-refractivity contribution in [2.75, 3.05) is 0 Å². The lowest BCUT2D eigenvalue weighted by Gasteiger charge is -2.17. The molecule has 2 aliphatic carbocycles. The Hall–Kier alpha value is -7.35. The van der Waals surface area contributed by atoms with Crippen molar-refractivity contribution in [3.63, 3.8) is 0 Å². The van der Waals surface area contributed by atoms with Crippen LogP contribution in [-0.2, 0) is 0 Å². The van der Waals surface area contributed by atoms with Crippen LogP contribution in [-0.4, -0.2) is 4.98 Å². The molecule has 0 saturated carbocycles. The number of aromatic nitrogens is 1. The summed E-state index contributed by atoms with van der Waals surface area (Å²) in [7, 11) is 0. The highest BCUT2D eigenvalue weighted by Gasteiger charge is 2.25. The van der Waals surface area contributed by atoms with Gasteiger partial charge >= 0.3 is 0 Å². The average molecular weight is 708 g/mol. The highest BCUT2D eigenvalue weighted by molar-refractivity contribution is 6.20. The fraction of sp³-hybridized carbons (Fsp3) is 0. The summed E-state index contributed by atoms with van der Waals surface area (Å²) >= 11 is 0. The summed E-state index contributed by atoms with van der Waals surface area (Å²) in [6, 6.07) is 73.4. The van der Waals surface area contributed by atoms with Gasteiger partial charge in [0, 0.05) is 11.1 Å². The Morgan fingerprint density at radius 3 is 1.00 bits per heavy atom. The molecule has 0 bridgehead atoms. The Morgan fingerprint density at radius 2 is 0.554 bits per heavy atom. The zero-order chi connectivity index (χ0) is 36.7. The molecule has 10 aromatic rings. The Balaban J connectivity index is 1.13. The van der Waals surface area contributed by atoms with Gasteiger partial charge in [0.2, 0.25) is 0 Å². The maximum absolute atomic E-state index is 5.23. The largest absolute Gasteiger partial charge is 0.248 e. The third kappa shape index (κ3) is 4.65. The second-order valence-electron chi connectivity index (χ2n) is 15.0. The van der Waals surface area contributed by atoms with Crippen LogP contribution in [0.15, 0.2) is 200 Å². The number of hydrogen-bond donors (Lipinski definition) is 0. The number of rotatable bonds is 5. The Kier molecular flexibility index (Phi) is 6.70. The van der Waals surface area contributed by atoms with Crippen molar-refractivity contribution < 1.29 is 0 Å². The van der Waals surface area contributed by atoms with Gasteiger partial charge in [0.25, 0.3) is 0 Å². The van der Waals surface area contributed by atoms with Gasteiger partial charge in [0.05, 0.1) is 11.4 Å². The normalized spacial score (nSPS) is 11.9. The molecule has 1 heteroatoms. The van der Waals surface area contributed by atoms with E-state index < -0.39 is 0 Å². The van der Waals surface area contributed by atoms with Gasteiger partial charge in [-0.15, -0.1) is 0 Å². The van der Waals surface area contributed by atoms with Crippen molar-refractivity contribution >= 4 is 21.5 Å². The highest BCUT2D eigenvalue weighted by atomic mass is 14.7. The molecule has 0 radical (unpaired) electrons. The molecular weight excluding hydrogens is 675 g/mol. The first-order valence-electron chi connectivity index (χ1n) is 19.4. The topological polar surface area (TPSA) is 12.9 Å². The fourth-order valence-corrected chi connectivity index (χ4v) is 9.44. The van der Waals surface area contributed by atoms with Crippen LogP contribution in [0.5, 0.6) is 0 Å². The summed E-state index contributed by atoms with van der Waals surface area (Å²) in [6.45, 7) is 0. The van der Waals surface area contributed by atoms with E-state index >= 15 is 0 Å². The van der Waals surface area contributed by atoms with Crippen molar-refractivity contribution in [3.05, 3.63) is 200 Å². The van der Waals surface area contributed by atoms with Crippen molar-refractivity contribution in [3.8, 4) is 100 Å². The molecule has 2 aliphatic rings. The standard InChI is InChI=1S/C55H33N/c1-3-13-34(14-4-1)52-32-37(33-53(56-52)35-15-5-2-6-16-35)36-29-38(40-25-27-50-44-19-9-7-17-42(44)48-23-11-21-46(40)54(48)50)31-39(30-36)41-26-28-51-45-20-10-8-18-43(45)49-24-12-22-47(41)55(49)51/h1-33H. The van der Waals surface area contributed by atoms with Crippen LogP contribution in [0.4, 0.5) is 0 Å². The lowest BCUT2D eigenvalue weighted by molar-refractivity contribution is 1.32. The fourth-order valence-electron chi connectivity index (χ4n) is 9.44. The zero-order valence-corrected chi connectivity index (χ0v) is 30.5. The van der Waals surface area contributed by atoms with Crippen molar-refractivity contribution in [1.29, 1.82) is 0 Å². The Labute approximate surface area is 325 Å². The first-order chi connectivity index (χ1) is 27.8. The first kappa shape index (κ1) is 31.0. The number of benzene rings is 9. The number of hydrogen-bond acceptors (Lipinski definition) is 1. The van der Waals surface area contributed by atoms with Crippen molar-refractivity contribution in [2.24, 2.45) is 0 Å². The van der Waals surface area contributed by atoms with Gasteiger partial charge in [-0.05, 0) is 130 Å². The van der Waals surface area contributed by atoms with Gasteiger partial charge < -0.3 is 0 Å². The van der Waals surface area contributed by atoms with Gasteiger partial charge in [-0.1, -0.05) is 170 Å². The molecule has 0 saturated heterocycles. The molecule has 1 aromatic heterocycles. The molecule has 0 N–H and O–H groups in total. The summed E-state index contributed by atoms with van der Waals surface area (Å²) in [5, 5.41) is 5.23. The minimum Gasteiger partial charge on any atom is -0.248 e. The van der Waals surface area contributed by atoms with Crippen LogP contribution < -0.4 is 0 Å².